The number of halogens is 1. The molecule has 2 aromatic carbocycles. The smallest absolute Gasteiger partial charge is 0.322 e. The van der Waals surface area contributed by atoms with Gasteiger partial charge in [-0.2, -0.15) is 0 Å². The van der Waals surface area contributed by atoms with Crippen LogP contribution in [0, 0.1) is 5.82 Å². The average molecular weight is 312 g/mol. The quantitative estimate of drug-likeness (QED) is 0.926. The highest BCUT2D eigenvalue weighted by Gasteiger charge is 2.23. The largest absolute Gasteiger partial charge is 0.334 e. The van der Waals surface area contributed by atoms with Crippen molar-refractivity contribution in [2.75, 3.05) is 11.4 Å². The van der Waals surface area contributed by atoms with Crippen molar-refractivity contribution in [2.45, 2.75) is 19.4 Å². The van der Waals surface area contributed by atoms with E-state index in [1.165, 1.54) is 12.1 Å². The topological polar surface area (TPSA) is 49.4 Å². The van der Waals surface area contributed by atoms with Gasteiger partial charge in [0.25, 0.3) is 0 Å². The number of anilines is 1. The van der Waals surface area contributed by atoms with E-state index in [9.17, 15) is 14.0 Å². The van der Waals surface area contributed by atoms with Crippen molar-refractivity contribution < 1.29 is 14.0 Å². The Morgan fingerprint density at radius 1 is 1.13 bits per heavy atom. The van der Waals surface area contributed by atoms with Crippen LogP contribution in [0.3, 0.4) is 0 Å². The number of urea groups is 1. The Bertz CT molecular complexity index is 728. The SMILES string of the molecule is O=C1CCN(C(=O)NCc2ccc(F)cc2)c2ccccc2C1. The fourth-order valence-corrected chi connectivity index (χ4v) is 2.67. The van der Waals surface area contributed by atoms with Gasteiger partial charge in [-0.1, -0.05) is 30.3 Å². The lowest BCUT2D eigenvalue weighted by atomic mass is 10.1. The third-order valence-corrected chi connectivity index (χ3v) is 3.89. The number of fused-ring (bicyclic) bond motifs is 1. The number of nitrogens with zero attached hydrogens (tertiary/aromatic N) is 1. The van der Waals surface area contributed by atoms with Crippen molar-refractivity contribution in [3.8, 4) is 0 Å². The molecule has 0 bridgehead atoms. The second kappa shape index (κ2) is 6.60. The van der Waals surface area contributed by atoms with Crippen molar-refractivity contribution in [3.63, 3.8) is 0 Å². The molecule has 1 aliphatic rings. The van der Waals surface area contributed by atoms with E-state index in [1.807, 2.05) is 24.3 Å². The molecule has 1 aliphatic heterocycles. The number of Topliss-reactive ketones (excluding diaryl/α,β-unsaturated/α-hetero) is 1. The molecule has 0 aromatic heterocycles. The Kier molecular flexibility index (Phi) is 4.37. The molecule has 1 N–H and O–H groups in total. The van der Waals surface area contributed by atoms with Gasteiger partial charge in [0, 0.05) is 31.6 Å². The van der Waals surface area contributed by atoms with Gasteiger partial charge in [0.1, 0.15) is 11.6 Å². The van der Waals surface area contributed by atoms with Crippen LogP contribution in [-0.4, -0.2) is 18.4 Å². The molecule has 0 atom stereocenters. The Morgan fingerprint density at radius 3 is 2.65 bits per heavy atom. The molecule has 0 radical (unpaired) electrons. The van der Waals surface area contributed by atoms with Gasteiger partial charge in [-0.15, -0.1) is 0 Å². The molecule has 1 heterocycles. The molecule has 4 nitrogen and oxygen atoms in total. The lowest BCUT2D eigenvalue weighted by Gasteiger charge is -2.23. The summed E-state index contributed by atoms with van der Waals surface area (Å²) in [6, 6.07) is 13.2. The summed E-state index contributed by atoms with van der Waals surface area (Å²) in [4.78, 5) is 25.9. The van der Waals surface area contributed by atoms with Gasteiger partial charge in [0.2, 0.25) is 0 Å². The van der Waals surface area contributed by atoms with Gasteiger partial charge in [-0.3, -0.25) is 9.69 Å². The molecular formula is C18H17FN2O2. The Labute approximate surface area is 133 Å². The zero-order valence-corrected chi connectivity index (χ0v) is 12.6. The summed E-state index contributed by atoms with van der Waals surface area (Å²) in [6.07, 6.45) is 0.705. The van der Waals surface area contributed by atoms with E-state index in [2.05, 4.69) is 5.32 Å². The molecule has 2 amide bonds. The minimum absolute atomic E-state index is 0.131. The molecule has 2 aromatic rings. The summed E-state index contributed by atoms with van der Waals surface area (Å²) in [5.74, 6) is -0.175. The number of hydrogen-bond donors (Lipinski definition) is 1. The predicted molar refractivity (Wildman–Crippen MR) is 85.8 cm³/mol. The molecule has 0 saturated carbocycles. The summed E-state index contributed by atoms with van der Waals surface area (Å²) < 4.78 is 12.9. The van der Waals surface area contributed by atoms with Crippen LogP contribution in [0.1, 0.15) is 17.5 Å². The lowest BCUT2D eigenvalue weighted by Crippen LogP contribution is -2.40. The van der Waals surface area contributed by atoms with E-state index in [0.717, 1.165) is 16.8 Å². The molecule has 3 rings (SSSR count). The fraction of sp³-hybridized carbons (Fsp3) is 0.222. The van der Waals surface area contributed by atoms with Crippen molar-refractivity contribution in [2.24, 2.45) is 0 Å². The molecule has 0 unspecified atom stereocenters. The maximum atomic E-state index is 12.9. The summed E-state index contributed by atoms with van der Waals surface area (Å²) in [5, 5.41) is 2.82. The van der Waals surface area contributed by atoms with Crippen molar-refractivity contribution >= 4 is 17.5 Å². The second-order valence-electron chi connectivity index (χ2n) is 5.53. The molecule has 23 heavy (non-hydrogen) atoms. The van der Waals surface area contributed by atoms with Gasteiger partial charge in [0.15, 0.2) is 0 Å². The van der Waals surface area contributed by atoms with E-state index in [0.29, 0.717) is 25.9 Å². The van der Waals surface area contributed by atoms with E-state index in [-0.39, 0.29) is 17.6 Å². The maximum absolute atomic E-state index is 12.9. The van der Waals surface area contributed by atoms with E-state index >= 15 is 0 Å². The van der Waals surface area contributed by atoms with Gasteiger partial charge < -0.3 is 5.32 Å². The first-order valence-corrected chi connectivity index (χ1v) is 7.53. The summed E-state index contributed by atoms with van der Waals surface area (Å²) in [6.45, 7) is 0.677. The number of para-hydroxylation sites is 1. The van der Waals surface area contributed by atoms with Crippen LogP contribution in [0.5, 0.6) is 0 Å². The maximum Gasteiger partial charge on any atom is 0.322 e. The highest BCUT2D eigenvalue weighted by molar-refractivity contribution is 5.96. The van der Waals surface area contributed by atoms with Crippen LogP contribution in [0.2, 0.25) is 0 Å². The number of amides is 2. The zero-order chi connectivity index (χ0) is 16.2. The average Bonchev–Trinajstić information content (AvgIpc) is 2.72. The zero-order valence-electron chi connectivity index (χ0n) is 12.6. The molecule has 0 aliphatic carbocycles. The lowest BCUT2D eigenvalue weighted by molar-refractivity contribution is -0.118. The normalized spacial score (nSPS) is 14.1. The molecule has 0 saturated heterocycles. The van der Waals surface area contributed by atoms with E-state index in [1.54, 1.807) is 17.0 Å². The second-order valence-corrected chi connectivity index (χ2v) is 5.53. The number of carbonyl (C=O) groups excluding carboxylic acids is 2. The third-order valence-electron chi connectivity index (χ3n) is 3.89. The van der Waals surface area contributed by atoms with Crippen molar-refractivity contribution in [1.29, 1.82) is 0 Å². The van der Waals surface area contributed by atoms with Crippen LogP contribution in [0.4, 0.5) is 14.9 Å². The Morgan fingerprint density at radius 2 is 1.87 bits per heavy atom. The number of carbonyl (C=O) groups is 2. The monoisotopic (exact) mass is 312 g/mol. The fourth-order valence-electron chi connectivity index (χ4n) is 2.67. The molecule has 118 valence electrons. The minimum atomic E-state index is -0.306. The molecular weight excluding hydrogens is 295 g/mol. The van der Waals surface area contributed by atoms with Gasteiger partial charge in [-0.05, 0) is 29.3 Å². The van der Waals surface area contributed by atoms with Crippen LogP contribution < -0.4 is 10.2 Å². The first kappa shape index (κ1) is 15.2. The standard InChI is InChI=1S/C18H17FN2O2/c19-15-7-5-13(6-8-15)12-20-18(23)21-10-9-16(22)11-14-3-1-2-4-17(14)21/h1-8H,9-12H2,(H,20,23). The number of benzene rings is 2. The Hall–Kier alpha value is -2.69. The first-order valence-electron chi connectivity index (χ1n) is 7.53. The summed E-state index contributed by atoms with van der Waals surface area (Å²) in [7, 11) is 0. The van der Waals surface area contributed by atoms with Gasteiger partial charge >= 0.3 is 6.03 Å². The molecule has 5 heteroatoms. The van der Waals surface area contributed by atoms with E-state index in [4.69, 9.17) is 0 Å². The summed E-state index contributed by atoms with van der Waals surface area (Å²) >= 11 is 0. The van der Waals surface area contributed by atoms with Crippen molar-refractivity contribution in [1.82, 2.24) is 5.32 Å². The van der Waals surface area contributed by atoms with Crippen LogP contribution >= 0.6 is 0 Å². The highest BCUT2D eigenvalue weighted by Crippen LogP contribution is 2.24. The predicted octanol–water partition coefficient (Wildman–Crippen LogP) is 3.06. The molecule has 0 fully saturated rings. The third kappa shape index (κ3) is 3.56. The van der Waals surface area contributed by atoms with Crippen LogP contribution in [0.15, 0.2) is 48.5 Å². The summed E-state index contributed by atoms with van der Waals surface area (Å²) in [5.41, 5.74) is 2.46. The number of nitrogens with one attached hydrogen (secondary N) is 1. The van der Waals surface area contributed by atoms with Gasteiger partial charge in [0.05, 0.1) is 0 Å². The van der Waals surface area contributed by atoms with Crippen LogP contribution in [0.25, 0.3) is 0 Å². The first-order chi connectivity index (χ1) is 11.1. The van der Waals surface area contributed by atoms with Crippen molar-refractivity contribution in [3.05, 3.63) is 65.5 Å². The van der Waals surface area contributed by atoms with Gasteiger partial charge in [-0.25, -0.2) is 9.18 Å². The minimum Gasteiger partial charge on any atom is -0.334 e. The highest BCUT2D eigenvalue weighted by atomic mass is 19.1. The number of ketones is 1. The Balaban J connectivity index is 1.74. The molecule has 0 spiro atoms. The number of hydrogen-bond acceptors (Lipinski definition) is 2. The number of rotatable bonds is 2. The van der Waals surface area contributed by atoms with E-state index < -0.39 is 0 Å². The van der Waals surface area contributed by atoms with Crippen LogP contribution in [-0.2, 0) is 17.8 Å².